The number of carbonyl (C=O) groups is 2. The molecule has 29 heavy (non-hydrogen) atoms. The minimum atomic E-state index is -0.230. The molecule has 2 aromatic carbocycles. The van der Waals surface area contributed by atoms with Crippen molar-refractivity contribution in [3.63, 3.8) is 0 Å². The maximum absolute atomic E-state index is 12.6. The molecule has 1 heterocycles. The van der Waals surface area contributed by atoms with Crippen molar-refractivity contribution in [3.05, 3.63) is 59.2 Å². The minimum absolute atomic E-state index is 0.0243. The molecule has 0 radical (unpaired) electrons. The van der Waals surface area contributed by atoms with Gasteiger partial charge in [-0.15, -0.1) is 0 Å². The largest absolute Gasteiger partial charge is 0.491 e. The number of anilines is 1. The van der Waals surface area contributed by atoms with Crippen molar-refractivity contribution in [1.82, 2.24) is 4.90 Å². The number of ether oxygens (including phenoxy) is 2. The second-order valence-electron chi connectivity index (χ2n) is 7.50. The highest BCUT2D eigenvalue weighted by Crippen LogP contribution is 2.18. The van der Waals surface area contributed by atoms with Gasteiger partial charge in [-0.1, -0.05) is 12.1 Å². The number of benzene rings is 2. The first-order valence-electron chi connectivity index (χ1n) is 9.89. The molecule has 6 heteroatoms. The predicted molar refractivity (Wildman–Crippen MR) is 112 cm³/mol. The van der Waals surface area contributed by atoms with Gasteiger partial charge in [-0.3, -0.25) is 9.59 Å². The lowest BCUT2D eigenvalue weighted by Crippen LogP contribution is -2.35. The number of amides is 2. The zero-order valence-corrected chi connectivity index (χ0v) is 17.2. The lowest BCUT2D eigenvalue weighted by molar-refractivity contribution is -0.116. The molecule has 1 aliphatic heterocycles. The topological polar surface area (TPSA) is 67.9 Å². The highest BCUT2D eigenvalue weighted by molar-refractivity contribution is 5.99. The summed E-state index contributed by atoms with van der Waals surface area (Å²) in [6, 6.07) is 12.8. The van der Waals surface area contributed by atoms with Crippen molar-refractivity contribution in [2.45, 2.75) is 32.8 Å². The molecule has 3 rings (SSSR count). The summed E-state index contributed by atoms with van der Waals surface area (Å²) in [5.74, 6) is 0.255. The summed E-state index contributed by atoms with van der Waals surface area (Å²) >= 11 is 0. The van der Waals surface area contributed by atoms with Crippen molar-refractivity contribution in [1.29, 1.82) is 0 Å². The number of nitrogens with one attached hydrogen (secondary N) is 1. The molecule has 1 saturated heterocycles. The minimum Gasteiger partial charge on any atom is -0.491 e. The Labute approximate surface area is 171 Å². The average Bonchev–Trinajstić information content (AvgIpc) is 3.22. The SMILES string of the molecule is Cc1ccc(C)c(NC(=O)CN(C)C(=O)c2ccc(OC[C@@H]3CCCO3)cc2)c1. The van der Waals surface area contributed by atoms with Crippen LogP contribution in [-0.4, -0.2) is 49.6 Å². The van der Waals surface area contributed by atoms with Crippen molar-refractivity contribution < 1.29 is 19.1 Å². The van der Waals surface area contributed by atoms with Crippen LogP contribution >= 0.6 is 0 Å². The summed E-state index contributed by atoms with van der Waals surface area (Å²) in [4.78, 5) is 26.4. The van der Waals surface area contributed by atoms with Gasteiger partial charge in [0.1, 0.15) is 12.4 Å². The van der Waals surface area contributed by atoms with Gasteiger partial charge in [-0.25, -0.2) is 0 Å². The van der Waals surface area contributed by atoms with Crippen molar-refractivity contribution in [2.75, 3.05) is 32.1 Å². The van der Waals surface area contributed by atoms with Gasteiger partial charge in [0, 0.05) is 24.9 Å². The molecule has 0 saturated carbocycles. The van der Waals surface area contributed by atoms with Gasteiger partial charge in [0.25, 0.3) is 5.91 Å². The van der Waals surface area contributed by atoms with Gasteiger partial charge in [0.15, 0.2) is 0 Å². The van der Waals surface area contributed by atoms with Gasteiger partial charge in [-0.05, 0) is 68.1 Å². The molecule has 2 aromatic rings. The van der Waals surface area contributed by atoms with E-state index < -0.39 is 0 Å². The summed E-state index contributed by atoms with van der Waals surface area (Å²) < 4.78 is 11.3. The monoisotopic (exact) mass is 396 g/mol. The molecular formula is C23H28N2O4. The van der Waals surface area contributed by atoms with Gasteiger partial charge < -0.3 is 19.7 Å². The number of rotatable bonds is 7. The summed E-state index contributed by atoms with van der Waals surface area (Å²) in [5.41, 5.74) is 3.33. The number of likely N-dealkylation sites (N-methyl/N-ethyl adjacent to an activating group) is 1. The number of hydrogen-bond donors (Lipinski definition) is 1. The number of nitrogens with zero attached hydrogens (tertiary/aromatic N) is 1. The van der Waals surface area contributed by atoms with Crippen LogP contribution in [0.1, 0.15) is 34.3 Å². The molecule has 1 N–H and O–H groups in total. The number of carbonyl (C=O) groups excluding carboxylic acids is 2. The van der Waals surface area contributed by atoms with Crippen LogP contribution in [0, 0.1) is 13.8 Å². The Bertz CT molecular complexity index is 858. The van der Waals surface area contributed by atoms with Crippen LogP contribution in [0.2, 0.25) is 0 Å². The molecule has 1 fully saturated rings. The average molecular weight is 396 g/mol. The molecule has 0 unspecified atom stereocenters. The fourth-order valence-electron chi connectivity index (χ4n) is 3.23. The van der Waals surface area contributed by atoms with Crippen LogP contribution in [0.15, 0.2) is 42.5 Å². The van der Waals surface area contributed by atoms with Crippen LogP contribution in [0.25, 0.3) is 0 Å². The van der Waals surface area contributed by atoms with Gasteiger partial charge >= 0.3 is 0 Å². The Kier molecular flexibility index (Phi) is 6.88. The zero-order valence-electron chi connectivity index (χ0n) is 17.2. The Hall–Kier alpha value is -2.86. The fraction of sp³-hybridized carbons (Fsp3) is 0.391. The summed E-state index contributed by atoms with van der Waals surface area (Å²) in [6.45, 7) is 5.20. The maximum atomic E-state index is 12.6. The zero-order chi connectivity index (χ0) is 20.8. The van der Waals surface area contributed by atoms with Crippen LogP contribution in [0.3, 0.4) is 0 Å². The summed E-state index contributed by atoms with van der Waals surface area (Å²) in [6.07, 6.45) is 2.24. The third-order valence-electron chi connectivity index (χ3n) is 4.96. The van der Waals surface area contributed by atoms with Crippen LogP contribution < -0.4 is 10.1 Å². The first-order chi connectivity index (χ1) is 13.9. The van der Waals surface area contributed by atoms with Gasteiger partial charge in [0.05, 0.1) is 12.6 Å². The molecule has 1 aliphatic rings. The van der Waals surface area contributed by atoms with E-state index in [1.165, 1.54) is 4.90 Å². The predicted octanol–water partition coefficient (Wildman–Crippen LogP) is 3.57. The van der Waals surface area contributed by atoms with E-state index in [9.17, 15) is 9.59 Å². The van der Waals surface area contributed by atoms with E-state index in [1.807, 2.05) is 32.0 Å². The standard InChI is InChI=1S/C23H28N2O4/c1-16-6-7-17(2)21(13-16)24-22(26)14-25(3)23(27)18-8-10-19(11-9-18)29-15-20-5-4-12-28-20/h6-11,13,20H,4-5,12,14-15H2,1-3H3,(H,24,26)/t20-/m0/s1. The maximum Gasteiger partial charge on any atom is 0.254 e. The van der Waals surface area contributed by atoms with E-state index >= 15 is 0 Å². The second kappa shape index (κ2) is 9.56. The van der Waals surface area contributed by atoms with Crippen LogP contribution in [-0.2, 0) is 9.53 Å². The lowest BCUT2D eigenvalue weighted by Gasteiger charge is -2.18. The normalized spacial score (nSPS) is 15.8. The van der Waals surface area contributed by atoms with Crippen molar-refractivity contribution in [2.24, 2.45) is 0 Å². The van der Waals surface area contributed by atoms with E-state index in [0.717, 1.165) is 36.3 Å². The van der Waals surface area contributed by atoms with Crippen molar-refractivity contribution >= 4 is 17.5 Å². The van der Waals surface area contributed by atoms with E-state index in [1.54, 1.807) is 31.3 Å². The first kappa shape index (κ1) is 20.9. The molecule has 154 valence electrons. The Morgan fingerprint density at radius 3 is 2.62 bits per heavy atom. The Morgan fingerprint density at radius 2 is 1.93 bits per heavy atom. The highest BCUT2D eigenvalue weighted by Gasteiger charge is 2.17. The molecule has 0 aromatic heterocycles. The first-order valence-corrected chi connectivity index (χ1v) is 9.89. The van der Waals surface area contributed by atoms with Gasteiger partial charge in [-0.2, -0.15) is 0 Å². The fourth-order valence-corrected chi connectivity index (χ4v) is 3.23. The molecule has 0 spiro atoms. The third-order valence-corrected chi connectivity index (χ3v) is 4.96. The Morgan fingerprint density at radius 1 is 1.17 bits per heavy atom. The van der Waals surface area contributed by atoms with Crippen LogP contribution in [0.4, 0.5) is 5.69 Å². The van der Waals surface area contributed by atoms with E-state index in [2.05, 4.69) is 5.32 Å². The smallest absolute Gasteiger partial charge is 0.254 e. The molecule has 0 bridgehead atoms. The quantitative estimate of drug-likeness (QED) is 0.777. The highest BCUT2D eigenvalue weighted by atomic mass is 16.5. The lowest BCUT2D eigenvalue weighted by atomic mass is 10.1. The molecule has 1 atom stereocenters. The van der Waals surface area contributed by atoms with E-state index in [4.69, 9.17) is 9.47 Å². The van der Waals surface area contributed by atoms with Gasteiger partial charge in [0.2, 0.25) is 5.91 Å². The third kappa shape index (κ3) is 5.81. The summed E-state index contributed by atoms with van der Waals surface area (Å²) in [7, 11) is 1.62. The van der Waals surface area contributed by atoms with Crippen molar-refractivity contribution in [3.8, 4) is 5.75 Å². The Balaban J connectivity index is 1.52. The molecule has 2 amide bonds. The van der Waals surface area contributed by atoms with E-state index in [-0.39, 0.29) is 24.5 Å². The molecule has 6 nitrogen and oxygen atoms in total. The number of aryl methyl sites for hydroxylation is 2. The second-order valence-corrected chi connectivity index (χ2v) is 7.50. The van der Waals surface area contributed by atoms with Crippen LogP contribution in [0.5, 0.6) is 5.75 Å². The molecule has 0 aliphatic carbocycles. The summed E-state index contributed by atoms with van der Waals surface area (Å²) in [5, 5.41) is 2.88. The number of hydrogen-bond acceptors (Lipinski definition) is 4. The van der Waals surface area contributed by atoms with E-state index in [0.29, 0.717) is 17.9 Å². The molecular weight excluding hydrogens is 368 g/mol.